The van der Waals surface area contributed by atoms with E-state index in [0.717, 1.165) is 4.70 Å². The first-order valence-corrected chi connectivity index (χ1v) is 6.72. The summed E-state index contributed by atoms with van der Waals surface area (Å²) in [4.78, 5) is 12.5. The molecule has 2 aromatic carbocycles. The smallest absolute Gasteiger partial charge is 0.273 e. The Hall–Kier alpha value is -2.58. The van der Waals surface area contributed by atoms with Crippen molar-refractivity contribution in [2.24, 2.45) is 0 Å². The molecule has 0 spiro atoms. The second-order valence-corrected chi connectivity index (χ2v) is 5.14. The summed E-state index contributed by atoms with van der Waals surface area (Å²) >= 11 is 1.31. The van der Waals surface area contributed by atoms with Gasteiger partial charge in [-0.1, -0.05) is 29.7 Å². The minimum Gasteiger partial charge on any atom is -0.494 e. The van der Waals surface area contributed by atoms with Crippen molar-refractivity contribution >= 4 is 21.6 Å². The van der Waals surface area contributed by atoms with Crippen molar-refractivity contribution in [3.63, 3.8) is 0 Å². The first-order valence-electron chi connectivity index (χ1n) is 5.95. The van der Waals surface area contributed by atoms with Crippen molar-refractivity contribution in [1.29, 1.82) is 5.26 Å². The topological polar surface area (TPSA) is 55.0 Å². The predicted molar refractivity (Wildman–Crippen MR) is 78.7 cm³/mol. The van der Waals surface area contributed by atoms with E-state index in [9.17, 15) is 10.1 Å². The van der Waals surface area contributed by atoms with Gasteiger partial charge in [0.05, 0.1) is 22.8 Å². The lowest BCUT2D eigenvalue weighted by molar-refractivity contribution is 0.413. The predicted octanol–water partition coefficient (Wildman–Crippen LogP) is 2.93. The van der Waals surface area contributed by atoms with Gasteiger partial charge < -0.3 is 4.74 Å². The van der Waals surface area contributed by atoms with Gasteiger partial charge >= 0.3 is 0 Å². The second kappa shape index (κ2) is 4.83. The zero-order valence-electron chi connectivity index (χ0n) is 10.7. The van der Waals surface area contributed by atoms with Crippen LogP contribution in [0.25, 0.3) is 15.8 Å². The van der Waals surface area contributed by atoms with Crippen molar-refractivity contribution in [3.05, 3.63) is 58.4 Å². The number of fused-ring (bicyclic) bond motifs is 1. The molecule has 0 aliphatic rings. The first kappa shape index (κ1) is 12.5. The Morgan fingerprint density at radius 3 is 2.70 bits per heavy atom. The van der Waals surface area contributed by atoms with Gasteiger partial charge in [-0.15, -0.1) is 0 Å². The number of methoxy groups -OCH3 is 1. The molecule has 0 saturated heterocycles. The SMILES string of the molecule is COc1cccc(C#N)c1-n1sc2ccccc2c1=O. The Kier molecular flexibility index (Phi) is 3.01. The molecule has 5 heteroatoms. The number of hydrogen-bond acceptors (Lipinski definition) is 4. The lowest BCUT2D eigenvalue weighted by Gasteiger charge is -2.09. The Bertz CT molecular complexity index is 887. The van der Waals surface area contributed by atoms with Crippen molar-refractivity contribution in [2.45, 2.75) is 0 Å². The van der Waals surface area contributed by atoms with Crippen LogP contribution in [0, 0.1) is 11.3 Å². The van der Waals surface area contributed by atoms with Crippen LogP contribution in [0.15, 0.2) is 47.3 Å². The summed E-state index contributed by atoms with van der Waals surface area (Å²) in [7, 11) is 1.53. The van der Waals surface area contributed by atoms with Gasteiger partial charge in [0.25, 0.3) is 5.56 Å². The van der Waals surface area contributed by atoms with E-state index >= 15 is 0 Å². The van der Waals surface area contributed by atoms with Crippen LogP contribution in [0.1, 0.15) is 5.56 Å². The van der Waals surface area contributed by atoms with Crippen LogP contribution in [-0.4, -0.2) is 11.1 Å². The summed E-state index contributed by atoms with van der Waals surface area (Å²) < 4.78 is 7.69. The maximum Gasteiger partial charge on any atom is 0.273 e. The molecule has 3 aromatic rings. The molecule has 4 nitrogen and oxygen atoms in total. The highest BCUT2D eigenvalue weighted by Gasteiger charge is 2.16. The van der Waals surface area contributed by atoms with Gasteiger partial charge in [-0.3, -0.25) is 4.79 Å². The van der Waals surface area contributed by atoms with Crippen LogP contribution in [0.3, 0.4) is 0 Å². The fourth-order valence-corrected chi connectivity index (χ4v) is 3.16. The molecular formula is C15H10N2O2S. The summed E-state index contributed by atoms with van der Waals surface area (Å²) in [6, 6.07) is 14.6. The Morgan fingerprint density at radius 2 is 2.00 bits per heavy atom. The standard InChI is InChI=1S/C15H10N2O2S/c1-19-12-7-4-5-10(9-16)14(12)17-15(18)11-6-2-3-8-13(11)20-17/h2-8H,1H3. The number of benzene rings is 2. The molecular weight excluding hydrogens is 272 g/mol. The monoisotopic (exact) mass is 282 g/mol. The highest BCUT2D eigenvalue weighted by Crippen LogP contribution is 2.29. The zero-order chi connectivity index (χ0) is 14.1. The van der Waals surface area contributed by atoms with Gasteiger partial charge in [0.1, 0.15) is 17.5 Å². The summed E-state index contributed by atoms with van der Waals surface area (Å²) in [5.41, 5.74) is 0.785. The van der Waals surface area contributed by atoms with Gasteiger partial charge in [-0.05, 0) is 24.3 Å². The van der Waals surface area contributed by atoms with E-state index in [1.807, 2.05) is 18.2 Å². The van der Waals surface area contributed by atoms with E-state index in [-0.39, 0.29) is 5.56 Å². The highest BCUT2D eigenvalue weighted by molar-refractivity contribution is 7.14. The van der Waals surface area contributed by atoms with Crippen LogP contribution < -0.4 is 10.3 Å². The molecule has 98 valence electrons. The van der Waals surface area contributed by atoms with E-state index in [1.165, 1.54) is 22.6 Å². The third-order valence-corrected chi connectivity index (χ3v) is 4.12. The lowest BCUT2D eigenvalue weighted by Crippen LogP contribution is -2.13. The molecule has 0 amide bonds. The van der Waals surface area contributed by atoms with Gasteiger partial charge in [-0.25, -0.2) is 3.96 Å². The normalized spacial score (nSPS) is 10.4. The van der Waals surface area contributed by atoms with E-state index < -0.39 is 0 Å². The number of nitriles is 1. The number of rotatable bonds is 2. The minimum atomic E-state index is -0.133. The minimum absolute atomic E-state index is 0.133. The van der Waals surface area contributed by atoms with E-state index in [4.69, 9.17) is 4.74 Å². The van der Waals surface area contributed by atoms with Gasteiger partial charge in [-0.2, -0.15) is 5.26 Å². The molecule has 0 fully saturated rings. The van der Waals surface area contributed by atoms with Crippen molar-refractivity contribution in [1.82, 2.24) is 3.96 Å². The van der Waals surface area contributed by atoms with E-state index in [2.05, 4.69) is 6.07 Å². The lowest BCUT2D eigenvalue weighted by atomic mass is 10.2. The largest absolute Gasteiger partial charge is 0.494 e. The Labute approximate surface area is 119 Å². The van der Waals surface area contributed by atoms with Crippen LogP contribution in [0.4, 0.5) is 0 Å². The Morgan fingerprint density at radius 1 is 1.20 bits per heavy atom. The third-order valence-electron chi connectivity index (χ3n) is 3.03. The zero-order valence-corrected chi connectivity index (χ0v) is 11.5. The maximum atomic E-state index is 12.5. The van der Waals surface area contributed by atoms with Crippen LogP contribution >= 0.6 is 11.5 Å². The maximum absolute atomic E-state index is 12.5. The molecule has 3 rings (SSSR count). The summed E-state index contributed by atoms with van der Waals surface area (Å²) in [5, 5.41) is 9.89. The average molecular weight is 282 g/mol. The molecule has 1 heterocycles. The molecule has 0 saturated carbocycles. The molecule has 0 aliphatic carbocycles. The van der Waals surface area contributed by atoms with E-state index in [1.54, 1.807) is 24.3 Å². The number of hydrogen-bond donors (Lipinski definition) is 0. The van der Waals surface area contributed by atoms with Crippen molar-refractivity contribution in [2.75, 3.05) is 7.11 Å². The van der Waals surface area contributed by atoms with Crippen LogP contribution in [0.5, 0.6) is 5.75 Å². The first-order chi connectivity index (χ1) is 9.76. The molecule has 1 aromatic heterocycles. The van der Waals surface area contributed by atoms with Gasteiger partial charge in [0.2, 0.25) is 0 Å². The van der Waals surface area contributed by atoms with Crippen molar-refractivity contribution < 1.29 is 4.74 Å². The van der Waals surface area contributed by atoms with Crippen LogP contribution in [0.2, 0.25) is 0 Å². The molecule has 0 atom stereocenters. The number of para-hydroxylation sites is 1. The quantitative estimate of drug-likeness (QED) is 0.726. The van der Waals surface area contributed by atoms with Crippen LogP contribution in [-0.2, 0) is 0 Å². The van der Waals surface area contributed by atoms with Gasteiger partial charge in [0.15, 0.2) is 0 Å². The summed E-state index contributed by atoms with van der Waals surface area (Å²) in [5.74, 6) is 0.512. The molecule has 0 N–H and O–H groups in total. The fraction of sp³-hybridized carbons (Fsp3) is 0.0667. The van der Waals surface area contributed by atoms with Gasteiger partial charge in [0, 0.05) is 0 Å². The number of aromatic nitrogens is 1. The summed E-state index contributed by atoms with van der Waals surface area (Å²) in [6.45, 7) is 0. The number of ether oxygens (including phenoxy) is 1. The third kappa shape index (κ3) is 1.78. The highest BCUT2D eigenvalue weighted by atomic mass is 32.1. The van der Waals surface area contributed by atoms with Crippen molar-refractivity contribution in [3.8, 4) is 17.5 Å². The molecule has 0 unspecified atom stereocenters. The number of nitrogens with zero attached hydrogens (tertiary/aromatic N) is 2. The van der Waals surface area contributed by atoms with E-state index in [0.29, 0.717) is 22.4 Å². The molecule has 20 heavy (non-hydrogen) atoms. The summed E-state index contributed by atoms with van der Waals surface area (Å²) in [6.07, 6.45) is 0. The molecule has 0 aliphatic heterocycles. The Balaban J connectivity index is 2.40. The molecule has 0 radical (unpaired) electrons. The second-order valence-electron chi connectivity index (χ2n) is 4.16. The fourth-order valence-electron chi connectivity index (χ4n) is 2.11. The molecule has 0 bridgehead atoms. The average Bonchev–Trinajstić information content (AvgIpc) is 2.83.